The number of alkyl halides is 1. The number of aliphatic hydroxyl groups excluding tert-OH is 2. The van der Waals surface area contributed by atoms with Crippen LogP contribution in [0.3, 0.4) is 0 Å². The first-order valence-electron chi connectivity index (χ1n) is 12.0. The molecule has 13 heteroatoms. The first-order valence-corrected chi connectivity index (χ1v) is 12.0. The highest BCUT2D eigenvalue weighted by Gasteiger charge is 2.60. The van der Waals surface area contributed by atoms with Crippen molar-refractivity contribution in [2.75, 3.05) is 25.0 Å². The summed E-state index contributed by atoms with van der Waals surface area (Å²) in [5, 5.41) is 46.1. The predicted octanol–water partition coefficient (Wildman–Crippen LogP) is 0.545. The molecule has 2 amide bonds. The van der Waals surface area contributed by atoms with E-state index in [9.17, 15) is 44.0 Å². The van der Waals surface area contributed by atoms with E-state index >= 15 is 4.39 Å². The maximum atomic E-state index is 15.2. The molecule has 1 saturated carbocycles. The van der Waals surface area contributed by atoms with Gasteiger partial charge in [-0.15, -0.1) is 0 Å². The van der Waals surface area contributed by atoms with Crippen LogP contribution < -0.4 is 11.1 Å². The van der Waals surface area contributed by atoms with Gasteiger partial charge in [-0.1, -0.05) is 0 Å². The van der Waals surface area contributed by atoms with E-state index in [4.69, 9.17) is 5.73 Å². The molecule has 7 N–H and O–H groups in total. The largest absolute Gasteiger partial charge is 0.508 e. The first kappa shape index (κ1) is 25.8. The normalized spacial score (nSPS) is 29.2. The van der Waals surface area contributed by atoms with Gasteiger partial charge in [0.2, 0.25) is 11.7 Å². The predicted molar refractivity (Wildman–Crippen MR) is 126 cm³/mol. The molecule has 0 spiro atoms. The van der Waals surface area contributed by atoms with Gasteiger partial charge in [-0.25, -0.2) is 8.78 Å². The lowest BCUT2D eigenvalue weighted by Gasteiger charge is -2.46. The van der Waals surface area contributed by atoms with E-state index in [0.717, 1.165) is 6.07 Å². The molecule has 1 unspecified atom stereocenters. The van der Waals surface area contributed by atoms with E-state index in [2.05, 4.69) is 5.32 Å². The lowest BCUT2D eigenvalue weighted by atomic mass is 9.59. The number of hydrogen-bond acceptors (Lipinski definition) is 9. The van der Waals surface area contributed by atoms with Gasteiger partial charge < -0.3 is 31.5 Å². The number of nitrogens with two attached hydrogens (primary N) is 1. The van der Waals surface area contributed by atoms with Gasteiger partial charge in [0.1, 0.15) is 29.1 Å². The van der Waals surface area contributed by atoms with Crippen molar-refractivity contribution < 1.29 is 48.4 Å². The third-order valence-electron chi connectivity index (χ3n) is 7.87. The highest BCUT2D eigenvalue weighted by atomic mass is 19.1. The number of fused-ring (bicyclic) bond motifs is 3. The van der Waals surface area contributed by atoms with Crippen molar-refractivity contribution in [2.45, 2.75) is 37.5 Å². The van der Waals surface area contributed by atoms with Gasteiger partial charge in [-0.05, 0) is 25.2 Å². The van der Waals surface area contributed by atoms with Gasteiger partial charge in [-0.2, -0.15) is 0 Å². The number of ketones is 2. The fourth-order valence-corrected chi connectivity index (χ4v) is 6.06. The number of nitrogens with zero attached hydrogens (tertiary/aromatic N) is 1. The Morgan fingerprint density at radius 1 is 1.21 bits per heavy atom. The Morgan fingerprint density at radius 2 is 1.92 bits per heavy atom. The molecule has 4 aliphatic rings. The second-order valence-corrected chi connectivity index (χ2v) is 10.2. The minimum Gasteiger partial charge on any atom is -0.508 e. The van der Waals surface area contributed by atoms with Crippen molar-refractivity contribution in [3.05, 3.63) is 39.9 Å². The molecule has 0 bridgehead atoms. The van der Waals surface area contributed by atoms with Gasteiger partial charge in [0.15, 0.2) is 17.1 Å². The maximum Gasteiger partial charge on any atom is 0.255 e. The van der Waals surface area contributed by atoms with Crippen molar-refractivity contribution in [1.82, 2.24) is 4.90 Å². The summed E-state index contributed by atoms with van der Waals surface area (Å²) in [4.78, 5) is 51.6. The number of primary amides is 1. The Hall–Kier alpha value is -3.84. The third-order valence-corrected chi connectivity index (χ3v) is 7.87. The molecule has 1 aromatic rings. The van der Waals surface area contributed by atoms with Gasteiger partial charge in [0.05, 0.1) is 17.8 Å². The average Bonchev–Trinajstić information content (AvgIpc) is 3.23. The second-order valence-electron chi connectivity index (χ2n) is 10.2. The topological polar surface area (TPSA) is 190 Å². The SMILES string of the molecule is NC(=O)C1=C(O)[C@@]2(O)C(=O)C3=C(O)c4c(O)c(NC(=O)CN5CC[C@@H](F)C5)cc(F)c4CC3C[C@H]2CC1=O. The number of anilines is 1. The van der Waals surface area contributed by atoms with E-state index in [1.807, 2.05) is 0 Å². The summed E-state index contributed by atoms with van der Waals surface area (Å²) in [5.41, 5.74) is 0.0619. The van der Waals surface area contributed by atoms with E-state index in [1.165, 1.54) is 0 Å². The fraction of sp³-hybridized carbons (Fsp3) is 0.440. The minimum atomic E-state index is -2.74. The molecule has 1 aliphatic heterocycles. The summed E-state index contributed by atoms with van der Waals surface area (Å²) in [7, 11) is 0. The molecule has 38 heavy (non-hydrogen) atoms. The number of likely N-dealkylation sites (tertiary alicyclic amines) is 1. The van der Waals surface area contributed by atoms with Crippen LogP contribution in [0.2, 0.25) is 0 Å². The van der Waals surface area contributed by atoms with Crippen molar-refractivity contribution in [3.63, 3.8) is 0 Å². The first-order chi connectivity index (χ1) is 17.8. The van der Waals surface area contributed by atoms with Crippen LogP contribution in [-0.2, 0) is 25.6 Å². The summed E-state index contributed by atoms with van der Waals surface area (Å²) in [6, 6.07) is 0.866. The Bertz CT molecular complexity index is 1370. The van der Waals surface area contributed by atoms with Crippen LogP contribution in [0.1, 0.15) is 30.4 Å². The molecule has 202 valence electrons. The third kappa shape index (κ3) is 3.76. The van der Waals surface area contributed by atoms with Crippen LogP contribution in [0, 0.1) is 17.7 Å². The summed E-state index contributed by atoms with van der Waals surface area (Å²) >= 11 is 0. The Balaban J connectivity index is 1.53. The van der Waals surface area contributed by atoms with Gasteiger partial charge >= 0.3 is 0 Å². The van der Waals surface area contributed by atoms with Crippen LogP contribution >= 0.6 is 0 Å². The van der Waals surface area contributed by atoms with Crippen molar-refractivity contribution >= 4 is 34.8 Å². The molecular formula is C25H25F2N3O8. The Kier molecular flexibility index (Phi) is 6.03. The van der Waals surface area contributed by atoms with E-state index in [0.29, 0.717) is 6.54 Å². The number of aliphatic hydroxyl groups is 3. The summed E-state index contributed by atoms with van der Waals surface area (Å²) in [5.74, 6) is -9.83. The smallest absolute Gasteiger partial charge is 0.255 e. The number of Topliss-reactive ketones (excluding diaryl/α,β-unsaturated/α-hetero) is 2. The summed E-state index contributed by atoms with van der Waals surface area (Å²) < 4.78 is 28.6. The molecule has 5 rings (SSSR count). The van der Waals surface area contributed by atoms with Crippen LogP contribution in [0.15, 0.2) is 23.0 Å². The molecule has 1 aromatic carbocycles. The number of rotatable bonds is 4. The molecule has 1 heterocycles. The Labute approximate surface area is 214 Å². The number of amides is 2. The number of benzene rings is 1. The summed E-state index contributed by atoms with van der Waals surface area (Å²) in [6.45, 7) is 0.194. The van der Waals surface area contributed by atoms with Gasteiger partial charge in [0, 0.05) is 42.6 Å². The lowest BCUT2D eigenvalue weighted by Crippen LogP contribution is -2.58. The number of carbonyl (C=O) groups is 4. The lowest BCUT2D eigenvalue weighted by molar-refractivity contribution is -0.147. The molecule has 0 radical (unpaired) electrons. The summed E-state index contributed by atoms with van der Waals surface area (Å²) in [6.07, 6.45) is -1.61. The van der Waals surface area contributed by atoms with E-state index < -0.39 is 98.9 Å². The van der Waals surface area contributed by atoms with Crippen molar-refractivity contribution in [1.29, 1.82) is 0 Å². The number of halogens is 2. The highest BCUT2D eigenvalue weighted by molar-refractivity contribution is 6.22. The molecule has 2 fully saturated rings. The quantitative estimate of drug-likeness (QED) is 0.237. The number of carbonyl (C=O) groups excluding carboxylic acids is 4. The number of hydrogen-bond donors (Lipinski definition) is 6. The standard InChI is InChI=1S/C25H25F2N3O8/c26-11-1-2-30(7-11)8-16(32)29-14-6-13(27)12-4-9-3-10-5-15(31)19(24(28)37)23(36)25(10,38)22(35)17(9)21(34)18(12)20(14)33/h6,9-11,33-34,36,38H,1-5,7-8H2,(H2,28,37)(H,29,32)/t9?,10-,11+,25-/m0/s1. The second kappa shape index (κ2) is 8.88. The number of phenols is 1. The molecular weight excluding hydrogens is 508 g/mol. The molecule has 4 atom stereocenters. The average molecular weight is 533 g/mol. The van der Waals surface area contributed by atoms with Crippen LogP contribution in [0.4, 0.5) is 14.5 Å². The molecule has 1 saturated heterocycles. The number of phenolic OH excluding ortho intramolecular Hbond substituents is 1. The Morgan fingerprint density at radius 3 is 2.55 bits per heavy atom. The van der Waals surface area contributed by atoms with Crippen molar-refractivity contribution in [3.8, 4) is 5.75 Å². The van der Waals surface area contributed by atoms with Gasteiger partial charge in [-0.3, -0.25) is 24.1 Å². The minimum absolute atomic E-state index is 0.0581. The maximum absolute atomic E-state index is 15.2. The zero-order chi connectivity index (χ0) is 27.7. The monoisotopic (exact) mass is 533 g/mol. The van der Waals surface area contributed by atoms with E-state index in [1.54, 1.807) is 4.90 Å². The van der Waals surface area contributed by atoms with Crippen LogP contribution in [0.25, 0.3) is 5.76 Å². The van der Waals surface area contributed by atoms with E-state index in [-0.39, 0.29) is 37.9 Å². The van der Waals surface area contributed by atoms with Crippen LogP contribution in [-0.4, -0.2) is 80.1 Å². The number of nitrogens with one attached hydrogen (secondary N) is 1. The fourth-order valence-electron chi connectivity index (χ4n) is 6.06. The number of aromatic hydroxyl groups is 1. The molecule has 11 nitrogen and oxygen atoms in total. The molecule has 0 aromatic heterocycles. The molecule has 3 aliphatic carbocycles. The zero-order valence-electron chi connectivity index (χ0n) is 20.0. The zero-order valence-corrected chi connectivity index (χ0v) is 20.0. The van der Waals surface area contributed by atoms with Crippen LogP contribution in [0.5, 0.6) is 5.75 Å². The van der Waals surface area contributed by atoms with Crippen molar-refractivity contribution in [2.24, 2.45) is 17.6 Å². The van der Waals surface area contributed by atoms with Gasteiger partial charge in [0.25, 0.3) is 5.91 Å². The highest BCUT2D eigenvalue weighted by Crippen LogP contribution is 2.53.